The summed E-state index contributed by atoms with van der Waals surface area (Å²) < 4.78 is 23.3. The van der Waals surface area contributed by atoms with E-state index in [4.69, 9.17) is 0 Å². The fraction of sp³-hybridized carbons (Fsp3) is 1.00. The third kappa shape index (κ3) is 4.86. The molecule has 1 rings (SSSR count). The SMILES string of the molecule is CC(O)C1CCN(CCCS(=O)(=O)C(C)C)CC1. The summed E-state index contributed by atoms with van der Waals surface area (Å²) in [5.74, 6) is 0.710. The molecule has 108 valence electrons. The van der Waals surface area contributed by atoms with E-state index >= 15 is 0 Å². The van der Waals surface area contributed by atoms with Crippen molar-refractivity contribution in [1.82, 2.24) is 4.90 Å². The average molecular weight is 277 g/mol. The van der Waals surface area contributed by atoms with Crippen LogP contribution in [-0.2, 0) is 9.84 Å². The number of piperidine rings is 1. The smallest absolute Gasteiger partial charge is 0.152 e. The molecule has 1 atom stereocenters. The van der Waals surface area contributed by atoms with Gasteiger partial charge in [-0.05, 0) is 65.6 Å². The van der Waals surface area contributed by atoms with Crippen molar-refractivity contribution in [2.75, 3.05) is 25.4 Å². The van der Waals surface area contributed by atoms with Gasteiger partial charge in [0.25, 0.3) is 0 Å². The van der Waals surface area contributed by atoms with Crippen LogP contribution in [0, 0.1) is 5.92 Å². The number of aliphatic hydroxyl groups excluding tert-OH is 1. The maximum atomic E-state index is 11.7. The van der Waals surface area contributed by atoms with Gasteiger partial charge in [0.2, 0.25) is 0 Å². The number of likely N-dealkylation sites (tertiary alicyclic amines) is 1. The Morgan fingerprint density at radius 3 is 2.22 bits per heavy atom. The predicted octanol–water partition coefficient (Wildman–Crippen LogP) is 1.29. The summed E-state index contributed by atoms with van der Waals surface area (Å²) >= 11 is 0. The lowest BCUT2D eigenvalue weighted by molar-refractivity contribution is 0.0720. The van der Waals surface area contributed by atoms with Crippen molar-refractivity contribution in [1.29, 1.82) is 0 Å². The molecule has 1 N–H and O–H groups in total. The van der Waals surface area contributed by atoms with E-state index < -0.39 is 9.84 Å². The van der Waals surface area contributed by atoms with E-state index in [1.165, 1.54) is 0 Å². The molecule has 5 heteroatoms. The van der Waals surface area contributed by atoms with E-state index in [-0.39, 0.29) is 11.4 Å². The summed E-state index contributed by atoms with van der Waals surface area (Å²) in [6, 6.07) is 0. The number of rotatable bonds is 6. The summed E-state index contributed by atoms with van der Waals surface area (Å²) in [5.41, 5.74) is 0. The first-order valence-electron chi connectivity index (χ1n) is 6.95. The van der Waals surface area contributed by atoms with Gasteiger partial charge in [-0.1, -0.05) is 0 Å². The van der Waals surface area contributed by atoms with Crippen LogP contribution >= 0.6 is 0 Å². The van der Waals surface area contributed by atoms with E-state index in [2.05, 4.69) is 4.90 Å². The zero-order valence-electron chi connectivity index (χ0n) is 11.8. The van der Waals surface area contributed by atoms with Gasteiger partial charge in [0, 0.05) is 0 Å². The first-order valence-corrected chi connectivity index (χ1v) is 8.66. The summed E-state index contributed by atoms with van der Waals surface area (Å²) in [6.45, 7) is 8.16. The molecule has 1 unspecified atom stereocenters. The van der Waals surface area contributed by atoms with Gasteiger partial charge in [-0.2, -0.15) is 0 Å². The van der Waals surface area contributed by atoms with E-state index in [0.717, 1.165) is 38.9 Å². The molecule has 0 aromatic rings. The minimum absolute atomic E-state index is 0.214. The predicted molar refractivity (Wildman–Crippen MR) is 74.4 cm³/mol. The van der Waals surface area contributed by atoms with Crippen LogP contribution in [0.2, 0.25) is 0 Å². The third-order valence-corrected chi connectivity index (χ3v) is 6.23. The lowest BCUT2D eigenvalue weighted by Gasteiger charge is -2.33. The number of hydrogen-bond donors (Lipinski definition) is 1. The minimum atomic E-state index is -2.89. The summed E-state index contributed by atoms with van der Waals surface area (Å²) in [4.78, 5) is 2.31. The van der Waals surface area contributed by atoms with Crippen LogP contribution in [-0.4, -0.2) is 55.2 Å². The van der Waals surface area contributed by atoms with Crippen molar-refractivity contribution in [3.05, 3.63) is 0 Å². The van der Waals surface area contributed by atoms with Crippen LogP contribution in [0.1, 0.15) is 40.0 Å². The van der Waals surface area contributed by atoms with Crippen molar-refractivity contribution < 1.29 is 13.5 Å². The molecule has 0 aromatic carbocycles. The molecule has 0 spiro atoms. The normalized spacial score (nSPS) is 21.4. The molecular formula is C13H27NO3S. The van der Waals surface area contributed by atoms with Crippen molar-refractivity contribution in [3.8, 4) is 0 Å². The van der Waals surface area contributed by atoms with Gasteiger partial charge in [-0.15, -0.1) is 0 Å². The van der Waals surface area contributed by atoms with Gasteiger partial charge < -0.3 is 10.0 Å². The molecule has 18 heavy (non-hydrogen) atoms. The highest BCUT2D eigenvalue weighted by molar-refractivity contribution is 7.91. The Morgan fingerprint density at radius 1 is 1.22 bits per heavy atom. The van der Waals surface area contributed by atoms with Crippen LogP contribution in [0.3, 0.4) is 0 Å². The van der Waals surface area contributed by atoms with Gasteiger partial charge in [0.05, 0.1) is 17.1 Å². The Kier molecular flexibility index (Phi) is 6.08. The second-order valence-electron chi connectivity index (χ2n) is 5.69. The Hall–Kier alpha value is -0.130. The molecule has 0 aliphatic carbocycles. The molecule has 0 radical (unpaired) electrons. The lowest BCUT2D eigenvalue weighted by atomic mass is 9.92. The highest BCUT2D eigenvalue weighted by atomic mass is 32.2. The topological polar surface area (TPSA) is 57.6 Å². The molecule has 0 bridgehead atoms. The first-order chi connectivity index (χ1) is 8.33. The van der Waals surface area contributed by atoms with Gasteiger partial charge in [0.15, 0.2) is 9.84 Å². The Labute approximate surface area is 111 Å². The molecule has 0 amide bonds. The summed E-state index contributed by atoms with van der Waals surface area (Å²) in [5, 5.41) is 9.24. The minimum Gasteiger partial charge on any atom is -0.393 e. The zero-order chi connectivity index (χ0) is 13.8. The summed E-state index contributed by atoms with van der Waals surface area (Å²) in [7, 11) is -2.89. The van der Waals surface area contributed by atoms with Crippen LogP contribution < -0.4 is 0 Å². The number of sulfone groups is 1. The number of aliphatic hydroxyl groups is 1. The third-order valence-electron chi connectivity index (χ3n) is 3.94. The number of nitrogens with zero attached hydrogens (tertiary/aromatic N) is 1. The van der Waals surface area contributed by atoms with E-state index in [9.17, 15) is 13.5 Å². The van der Waals surface area contributed by atoms with Gasteiger partial charge in [-0.3, -0.25) is 0 Å². The standard InChI is InChI=1S/C13H27NO3S/c1-11(2)18(16,17)10-4-7-14-8-5-13(6-9-14)12(3)15/h11-13,15H,4-10H2,1-3H3. The van der Waals surface area contributed by atoms with Crippen molar-refractivity contribution in [2.45, 2.75) is 51.4 Å². The first kappa shape index (κ1) is 15.9. The molecular weight excluding hydrogens is 250 g/mol. The van der Waals surface area contributed by atoms with Crippen molar-refractivity contribution in [2.24, 2.45) is 5.92 Å². The highest BCUT2D eigenvalue weighted by Crippen LogP contribution is 2.20. The fourth-order valence-electron chi connectivity index (χ4n) is 2.38. The Bertz CT molecular complexity index is 330. The van der Waals surface area contributed by atoms with Crippen LogP contribution in [0.15, 0.2) is 0 Å². The van der Waals surface area contributed by atoms with Gasteiger partial charge >= 0.3 is 0 Å². The maximum Gasteiger partial charge on any atom is 0.152 e. The zero-order valence-corrected chi connectivity index (χ0v) is 12.6. The summed E-state index contributed by atoms with van der Waals surface area (Å²) in [6.07, 6.45) is 2.55. The number of hydrogen-bond acceptors (Lipinski definition) is 4. The maximum absolute atomic E-state index is 11.7. The Morgan fingerprint density at radius 2 is 1.78 bits per heavy atom. The molecule has 1 aliphatic rings. The monoisotopic (exact) mass is 277 g/mol. The van der Waals surface area contributed by atoms with Crippen LogP contribution in [0.4, 0.5) is 0 Å². The van der Waals surface area contributed by atoms with Crippen LogP contribution in [0.5, 0.6) is 0 Å². The molecule has 1 aliphatic heterocycles. The van der Waals surface area contributed by atoms with Gasteiger partial charge in [0.1, 0.15) is 0 Å². The lowest BCUT2D eigenvalue weighted by Crippen LogP contribution is -2.38. The quantitative estimate of drug-likeness (QED) is 0.795. The van der Waals surface area contributed by atoms with E-state index in [1.807, 2.05) is 6.92 Å². The largest absolute Gasteiger partial charge is 0.393 e. The molecule has 1 saturated heterocycles. The molecule has 4 nitrogen and oxygen atoms in total. The molecule has 1 heterocycles. The van der Waals surface area contributed by atoms with E-state index in [0.29, 0.717) is 11.7 Å². The fourth-order valence-corrected chi connectivity index (χ4v) is 3.39. The molecule has 0 aromatic heterocycles. The van der Waals surface area contributed by atoms with Crippen molar-refractivity contribution in [3.63, 3.8) is 0 Å². The molecule has 0 saturated carbocycles. The second-order valence-corrected chi connectivity index (χ2v) is 8.37. The molecule has 1 fully saturated rings. The van der Waals surface area contributed by atoms with Gasteiger partial charge in [-0.25, -0.2) is 8.42 Å². The average Bonchev–Trinajstić information content (AvgIpc) is 2.29. The Balaban J connectivity index is 2.23. The van der Waals surface area contributed by atoms with E-state index in [1.54, 1.807) is 13.8 Å². The van der Waals surface area contributed by atoms with Crippen LogP contribution in [0.25, 0.3) is 0 Å². The second kappa shape index (κ2) is 6.87. The highest BCUT2D eigenvalue weighted by Gasteiger charge is 2.23. The van der Waals surface area contributed by atoms with Crippen molar-refractivity contribution >= 4 is 9.84 Å².